The highest BCUT2D eigenvalue weighted by Gasteiger charge is 2.35. The summed E-state index contributed by atoms with van der Waals surface area (Å²) in [6, 6.07) is 0. The Morgan fingerprint density at radius 3 is 2.82 bits per heavy atom. The van der Waals surface area contributed by atoms with Gasteiger partial charge in [0, 0.05) is 19.6 Å². The largest absolute Gasteiger partial charge is 0.369 e. The molecule has 2 aliphatic rings. The van der Waals surface area contributed by atoms with Crippen LogP contribution in [0, 0.1) is 24.7 Å². The van der Waals surface area contributed by atoms with Gasteiger partial charge >= 0.3 is 0 Å². The molecule has 0 radical (unpaired) electrons. The number of fused-ring (bicyclic) bond motifs is 3. The third-order valence-corrected chi connectivity index (χ3v) is 7.19. The molecule has 2 aromatic rings. The van der Waals surface area contributed by atoms with Gasteiger partial charge < -0.3 is 10.2 Å². The van der Waals surface area contributed by atoms with Crippen LogP contribution < -0.4 is 5.32 Å². The van der Waals surface area contributed by atoms with E-state index in [1.807, 2.05) is 25.7 Å². The topological polar surface area (TPSA) is 58.1 Å². The fraction of sp³-hybridized carbons (Fsp3) is 0.500. The molecule has 4 rings (SSSR count). The number of likely N-dealkylation sites (N-methyl/N-ethyl adjacent to an activating group) is 1. The summed E-state index contributed by atoms with van der Waals surface area (Å²) < 4.78 is 0. The maximum Gasteiger partial charge on any atom is 0.264 e. The average molecular weight is 397 g/mol. The van der Waals surface area contributed by atoms with Crippen LogP contribution in [0.1, 0.15) is 41.9 Å². The predicted molar refractivity (Wildman–Crippen MR) is 116 cm³/mol. The lowest BCUT2D eigenvalue weighted by Crippen LogP contribution is -2.32. The fourth-order valence-electron chi connectivity index (χ4n) is 4.56. The highest BCUT2D eigenvalue weighted by Crippen LogP contribution is 2.43. The summed E-state index contributed by atoms with van der Waals surface area (Å²) in [6.07, 6.45) is 8.92. The molecule has 2 aromatic heterocycles. The molecular weight excluding hydrogens is 368 g/mol. The van der Waals surface area contributed by atoms with E-state index in [0.717, 1.165) is 44.5 Å². The van der Waals surface area contributed by atoms with Crippen LogP contribution in [0.15, 0.2) is 30.6 Å². The lowest BCUT2D eigenvalue weighted by molar-refractivity contribution is 0.0782. The van der Waals surface area contributed by atoms with E-state index in [2.05, 4.69) is 34.0 Å². The zero-order chi connectivity index (χ0) is 19.8. The van der Waals surface area contributed by atoms with Gasteiger partial charge in [-0.2, -0.15) is 0 Å². The molecule has 2 heterocycles. The van der Waals surface area contributed by atoms with Crippen LogP contribution in [0.4, 0.5) is 5.82 Å². The van der Waals surface area contributed by atoms with Crippen molar-refractivity contribution in [2.45, 2.75) is 33.6 Å². The molecule has 3 atom stereocenters. The van der Waals surface area contributed by atoms with Gasteiger partial charge in [0.25, 0.3) is 5.91 Å². The van der Waals surface area contributed by atoms with E-state index in [0.29, 0.717) is 24.9 Å². The summed E-state index contributed by atoms with van der Waals surface area (Å²) in [7, 11) is 0. The normalized spacial score (nSPS) is 22.8. The van der Waals surface area contributed by atoms with E-state index in [1.54, 1.807) is 6.33 Å². The lowest BCUT2D eigenvalue weighted by atomic mass is 9.93. The first kappa shape index (κ1) is 19.1. The minimum Gasteiger partial charge on any atom is -0.369 e. The van der Waals surface area contributed by atoms with Gasteiger partial charge in [0.2, 0.25) is 0 Å². The lowest BCUT2D eigenvalue weighted by Gasteiger charge is -2.20. The summed E-state index contributed by atoms with van der Waals surface area (Å²) in [4.78, 5) is 25.5. The number of rotatable bonds is 7. The SMILES string of the molecule is C=C(C)CN(CC)C(=O)c1sc2ncnc(NC[C@H]3C[C@@H]4C=C[C@H]3C4)c2c1C. The van der Waals surface area contributed by atoms with E-state index in [9.17, 15) is 4.79 Å². The molecule has 2 bridgehead atoms. The van der Waals surface area contributed by atoms with Crippen molar-refractivity contribution >= 4 is 33.3 Å². The maximum absolute atomic E-state index is 13.1. The highest BCUT2D eigenvalue weighted by molar-refractivity contribution is 7.20. The summed E-state index contributed by atoms with van der Waals surface area (Å²) in [5.74, 6) is 3.05. The number of aryl methyl sites for hydroxylation is 1. The number of carbonyl (C=O) groups is 1. The molecule has 1 fully saturated rings. The number of amides is 1. The molecule has 0 spiro atoms. The molecule has 0 aromatic carbocycles. The number of hydrogen-bond donors (Lipinski definition) is 1. The Balaban J connectivity index is 1.58. The third-order valence-electron chi connectivity index (χ3n) is 6.00. The quantitative estimate of drug-likeness (QED) is 0.692. The Kier molecular flexibility index (Phi) is 5.23. The van der Waals surface area contributed by atoms with E-state index < -0.39 is 0 Å². The van der Waals surface area contributed by atoms with Crippen molar-refractivity contribution in [1.82, 2.24) is 14.9 Å². The van der Waals surface area contributed by atoms with Crippen LogP contribution >= 0.6 is 11.3 Å². The Bertz CT molecular complexity index is 947. The second-order valence-electron chi connectivity index (χ2n) is 8.16. The van der Waals surface area contributed by atoms with Gasteiger partial charge in [0.1, 0.15) is 17.0 Å². The molecule has 1 N–H and O–H groups in total. The third kappa shape index (κ3) is 3.46. The van der Waals surface area contributed by atoms with Crippen LogP contribution in [0.25, 0.3) is 10.2 Å². The molecule has 0 saturated heterocycles. The standard InChI is InChI=1S/C22H28N4OS/c1-5-26(11-13(2)3)22(27)19-14(4)18-20(24-12-25-21(18)28-19)23-10-17-9-15-6-7-16(17)8-15/h6-7,12,15-17H,2,5,8-11H2,1,3-4H3,(H,23,24,25)/t15-,16+,17-/m1/s1. The van der Waals surface area contributed by atoms with Crippen molar-refractivity contribution in [3.8, 4) is 0 Å². The predicted octanol–water partition coefficient (Wildman–Crippen LogP) is 4.66. The van der Waals surface area contributed by atoms with Crippen molar-refractivity contribution < 1.29 is 4.79 Å². The Hall–Kier alpha value is -2.21. The van der Waals surface area contributed by atoms with Crippen LogP contribution in [0.5, 0.6) is 0 Å². The maximum atomic E-state index is 13.1. The number of allylic oxidation sites excluding steroid dienone is 2. The average Bonchev–Trinajstić information content (AvgIpc) is 3.38. The second-order valence-corrected chi connectivity index (χ2v) is 9.16. The molecular formula is C22H28N4OS. The summed E-state index contributed by atoms with van der Waals surface area (Å²) >= 11 is 1.46. The van der Waals surface area contributed by atoms with Crippen LogP contribution in [-0.2, 0) is 0 Å². The van der Waals surface area contributed by atoms with Crippen LogP contribution in [0.3, 0.4) is 0 Å². The van der Waals surface area contributed by atoms with Gasteiger partial charge in [0.15, 0.2) is 0 Å². The van der Waals surface area contributed by atoms with Crippen molar-refractivity contribution in [1.29, 1.82) is 0 Å². The number of carbonyl (C=O) groups excluding carboxylic acids is 1. The van der Waals surface area contributed by atoms with Crippen molar-refractivity contribution in [2.75, 3.05) is 25.0 Å². The number of hydrogen-bond acceptors (Lipinski definition) is 5. The first-order valence-corrected chi connectivity index (χ1v) is 10.9. The number of anilines is 1. The highest BCUT2D eigenvalue weighted by atomic mass is 32.1. The van der Waals surface area contributed by atoms with Gasteiger partial charge in [-0.15, -0.1) is 11.3 Å². The van der Waals surface area contributed by atoms with Crippen LogP contribution in [0.2, 0.25) is 0 Å². The van der Waals surface area contributed by atoms with E-state index in [-0.39, 0.29) is 5.91 Å². The molecule has 28 heavy (non-hydrogen) atoms. The first-order valence-electron chi connectivity index (χ1n) is 10.1. The van der Waals surface area contributed by atoms with E-state index >= 15 is 0 Å². The summed E-state index contributed by atoms with van der Waals surface area (Å²) in [5.41, 5.74) is 1.96. The van der Waals surface area contributed by atoms with Gasteiger partial charge in [-0.3, -0.25) is 4.79 Å². The number of nitrogens with one attached hydrogen (secondary N) is 1. The summed E-state index contributed by atoms with van der Waals surface area (Å²) in [6.45, 7) is 12.1. The van der Waals surface area contributed by atoms with Gasteiger partial charge in [-0.1, -0.05) is 24.3 Å². The van der Waals surface area contributed by atoms with Gasteiger partial charge in [0.05, 0.1) is 10.3 Å². The smallest absolute Gasteiger partial charge is 0.264 e. The Morgan fingerprint density at radius 1 is 1.36 bits per heavy atom. The molecule has 6 heteroatoms. The van der Waals surface area contributed by atoms with Crippen molar-refractivity contribution in [3.05, 3.63) is 41.1 Å². The number of thiophene rings is 1. The number of aromatic nitrogens is 2. The van der Waals surface area contributed by atoms with E-state index in [1.165, 1.54) is 24.2 Å². The van der Waals surface area contributed by atoms with Gasteiger partial charge in [-0.05, 0) is 56.9 Å². The zero-order valence-electron chi connectivity index (χ0n) is 16.9. The molecule has 148 valence electrons. The minimum atomic E-state index is 0.0511. The van der Waals surface area contributed by atoms with E-state index in [4.69, 9.17) is 0 Å². The zero-order valence-corrected chi connectivity index (χ0v) is 17.7. The molecule has 2 aliphatic carbocycles. The summed E-state index contributed by atoms with van der Waals surface area (Å²) in [5, 5.41) is 4.55. The molecule has 1 saturated carbocycles. The molecule has 0 aliphatic heterocycles. The van der Waals surface area contributed by atoms with Crippen molar-refractivity contribution in [2.24, 2.45) is 17.8 Å². The second kappa shape index (κ2) is 7.66. The number of nitrogens with zero attached hydrogens (tertiary/aromatic N) is 3. The van der Waals surface area contributed by atoms with Gasteiger partial charge in [-0.25, -0.2) is 9.97 Å². The Morgan fingerprint density at radius 2 is 2.18 bits per heavy atom. The Labute approximate surface area is 170 Å². The van der Waals surface area contributed by atoms with Crippen LogP contribution in [-0.4, -0.2) is 40.4 Å². The minimum absolute atomic E-state index is 0.0511. The molecule has 5 nitrogen and oxygen atoms in total. The van der Waals surface area contributed by atoms with Crippen molar-refractivity contribution in [3.63, 3.8) is 0 Å². The fourth-order valence-corrected chi connectivity index (χ4v) is 5.68. The molecule has 0 unspecified atom stereocenters. The monoisotopic (exact) mass is 396 g/mol. The molecule has 1 amide bonds. The first-order chi connectivity index (χ1) is 13.5.